The minimum atomic E-state index is -4.12. The molecule has 25 heavy (non-hydrogen) atoms. The average Bonchev–Trinajstić information content (AvgIpc) is 2.55. The molecule has 2 aromatic carbocycles. The third-order valence-electron chi connectivity index (χ3n) is 3.14. The van der Waals surface area contributed by atoms with E-state index in [-0.39, 0.29) is 21.5 Å². The summed E-state index contributed by atoms with van der Waals surface area (Å²) < 4.78 is 32.9. The second kappa shape index (κ2) is 8.57. The van der Waals surface area contributed by atoms with Gasteiger partial charge in [-0.25, -0.2) is 8.42 Å². The summed E-state index contributed by atoms with van der Waals surface area (Å²) in [6, 6.07) is 10.9. The molecule has 0 unspecified atom stereocenters. The van der Waals surface area contributed by atoms with E-state index in [4.69, 9.17) is 27.9 Å². The van der Waals surface area contributed by atoms with E-state index in [1.165, 1.54) is 18.2 Å². The summed E-state index contributed by atoms with van der Waals surface area (Å²) in [4.78, 5) is 11.8. The van der Waals surface area contributed by atoms with Gasteiger partial charge in [0.25, 0.3) is 10.0 Å². The quantitative estimate of drug-likeness (QED) is 0.425. The van der Waals surface area contributed by atoms with E-state index in [1.807, 2.05) is 6.07 Å². The first-order chi connectivity index (χ1) is 11.8. The lowest BCUT2D eigenvalue weighted by molar-refractivity contribution is -0.141. The summed E-state index contributed by atoms with van der Waals surface area (Å²) in [7, 11) is -4.12. The van der Waals surface area contributed by atoms with Gasteiger partial charge in [-0.3, -0.25) is 9.10 Å². The van der Waals surface area contributed by atoms with Gasteiger partial charge in [0.1, 0.15) is 11.4 Å². The third kappa shape index (κ3) is 4.99. The molecule has 2 rings (SSSR count). The van der Waals surface area contributed by atoms with Crippen molar-refractivity contribution in [2.75, 3.05) is 17.5 Å². The highest BCUT2D eigenvalue weighted by Gasteiger charge is 2.30. The summed E-state index contributed by atoms with van der Waals surface area (Å²) >= 11 is 14.0. The maximum atomic E-state index is 13.1. The highest BCUT2D eigenvalue weighted by Crippen LogP contribution is 2.31. The minimum Gasteiger partial charge on any atom is -0.465 e. The van der Waals surface area contributed by atoms with Crippen molar-refractivity contribution in [1.29, 1.82) is 0 Å². The number of hydrogen-bond acceptors (Lipinski definition) is 4. The van der Waals surface area contributed by atoms with E-state index in [1.54, 1.807) is 25.1 Å². The molecule has 134 valence electrons. The molecule has 5 nitrogen and oxygen atoms in total. The Balaban J connectivity index is 2.57. The molecule has 0 N–H and O–H groups in total. The summed E-state index contributed by atoms with van der Waals surface area (Å²) in [6.45, 7) is 1.33. The van der Waals surface area contributed by atoms with Crippen molar-refractivity contribution in [3.8, 4) is 0 Å². The SMILES string of the molecule is CCOC(=O)CN(c1cccc(I)c1)S(=O)(=O)c1cc(Cl)ccc1Cl. The fourth-order valence-electron chi connectivity index (χ4n) is 2.06. The van der Waals surface area contributed by atoms with Crippen LogP contribution in [-0.2, 0) is 19.6 Å². The van der Waals surface area contributed by atoms with E-state index in [2.05, 4.69) is 22.6 Å². The summed E-state index contributed by atoms with van der Waals surface area (Å²) in [6.07, 6.45) is 0. The number of sulfonamides is 1. The monoisotopic (exact) mass is 513 g/mol. The lowest BCUT2D eigenvalue weighted by Crippen LogP contribution is -2.36. The summed E-state index contributed by atoms with van der Waals surface area (Å²) in [5, 5.41) is 0.241. The standard InChI is InChI=1S/C16H14Cl2INO4S/c1-2-24-16(21)10-20(13-5-3-4-12(19)9-13)25(22,23)15-8-11(17)6-7-14(15)18/h3-9H,2,10H2,1H3. The van der Waals surface area contributed by atoms with Gasteiger partial charge in [-0.05, 0) is 65.9 Å². The zero-order valence-corrected chi connectivity index (χ0v) is 17.6. The first-order valence-electron chi connectivity index (χ1n) is 7.14. The molecular formula is C16H14Cl2INO4S. The molecule has 0 spiro atoms. The van der Waals surface area contributed by atoms with Crippen molar-refractivity contribution in [2.45, 2.75) is 11.8 Å². The van der Waals surface area contributed by atoms with Crippen LogP contribution in [0, 0.1) is 3.57 Å². The first kappa shape index (κ1) is 20.3. The number of benzene rings is 2. The lowest BCUT2D eigenvalue weighted by atomic mass is 10.3. The number of rotatable bonds is 6. The fourth-order valence-corrected chi connectivity index (χ4v) is 4.73. The molecule has 0 fully saturated rings. The van der Waals surface area contributed by atoms with Gasteiger partial charge in [-0.15, -0.1) is 0 Å². The molecule has 0 heterocycles. The Morgan fingerprint density at radius 1 is 1.20 bits per heavy atom. The van der Waals surface area contributed by atoms with Gasteiger partial charge in [0.2, 0.25) is 0 Å². The Morgan fingerprint density at radius 3 is 2.56 bits per heavy atom. The largest absolute Gasteiger partial charge is 0.465 e. The van der Waals surface area contributed by atoms with Crippen molar-refractivity contribution in [3.05, 3.63) is 56.1 Å². The maximum absolute atomic E-state index is 13.1. The Bertz CT molecular complexity index is 889. The second-order valence-electron chi connectivity index (χ2n) is 4.87. The molecule has 0 saturated carbocycles. The van der Waals surface area contributed by atoms with Gasteiger partial charge in [-0.2, -0.15) is 0 Å². The molecule has 0 atom stereocenters. The van der Waals surface area contributed by atoms with Crippen LogP contribution in [0.25, 0.3) is 0 Å². The average molecular weight is 514 g/mol. The van der Waals surface area contributed by atoms with Crippen LogP contribution >= 0.6 is 45.8 Å². The number of carbonyl (C=O) groups excluding carboxylic acids is 1. The molecule has 9 heteroatoms. The van der Waals surface area contributed by atoms with E-state index in [0.29, 0.717) is 5.69 Å². The van der Waals surface area contributed by atoms with Gasteiger partial charge in [0, 0.05) is 8.59 Å². The Morgan fingerprint density at radius 2 is 1.92 bits per heavy atom. The number of esters is 1. The predicted octanol–water partition coefficient (Wildman–Crippen LogP) is 4.36. The van der Waals surface area contributed by atoms with Crippen molar-refractivity contribution in [2.24, 2.45) is 0 Å². The maximum Gasteiger partial charge on any atom is 0.326 e. The van der Waals surface area contributed by atoms with Crippen LogP contribution in [0.2, 0.25) is 10.0 Å². The van der Waals surface area contributed by atoms with E-state index < -0.39 is 22.5 Å². The topological polar surface area (TPSA) is 63.7 Å². The van der Waals surface area contributed by atoms with Gasteiger partial charge in [0.15, 0.2) is 0 Å². The van der Waals surface area contributed by atoms with Gasteiger partial charge in [-0.1, -0.05) is 29.3 Å². The number of carbonyl (C=O) groups is 1. The molecule has 0 radical (unpaired) electrons. The van der Waals surface area contributed by atoms with Crippen LogP contribution in [-0.4, -0.2) is 27.5 Å². The molecule has 0 aliphatic carbocycles. The number of ether oxygens (including phenoxy) is 1. The van der Waals surface area contributed by atoms with Crippen LogP contribution < -0.4 is 4.31 Å². The lowest BCUT2D eigenvalue weighted by Gasteiger charge is -2.24. The van der Waals surface area contributed by atoms with E-state index >= 15 is 0 Å². The van der Waals surface area contributed by atoms with Crippen molar-refractivity contribution < 1.29 is 17.9 Å². The van der Waals surface area contributed by atoms with Crippen LogP contribution in [0.3, 0.4) is 0 Å². The predicted molar refractivity (Wildman–Crippen MR) is 107 cm³/mol. The Kier molecular flexibility index (Phi) is 6.95. The first-order valence-corrected chi connectivity index (χ1v) is 10.4. The molecule has 0 amide bonds. The van der Waals surface area contributed by atoms with Gasteiger partial charge < -0.3 is 4.74 Å². The summed E-state index contributed by atoms with van der Waals surface area (Å²) in [5.74, 6) is -0.664. The molecule has 0 aliphatic heterocycles. The van der Waals surface area contributed by atoms with Crippen LogP contribution in [0.4, 0.5) is 5.69 Å². The Labute approximate surface area is 170 Å². The van der Waals surface area contributed by atoms with Crippen molar-refractivity contribution in [3.63, 3.8) is 0 Å². The van der Waals surface area contributed by atoms with Crippen LogP contribution in [0.1, 0.15) is 6.92 Å². The fraction of sp³-hybridized carbons (Fsp3) is 0.188. The molecular weight excluding hydrogens is 500 g/mol. The zero-order valence-electron chi connectivity index (χ0n) is 13.1. The molecule has 0 bridgehead atoms. The van der Waals surface area contributed by atoms with E-state index in [0.717, 1.165) is 7.88 Å². The number of hydrogen-bond donors (Lipinski definition) is 0. The smallest absolute Gasteiger partial charge is 0.326 e. The minimum absolute atomic E-state index is 0.0175. The molecule has 0 aromatic heterocycles. The number of nitrogens with zero attached hydrogens (tertiary/aromatic N) is 1. The van der Waals surface area contributed by atoms with E-state index in [9.17, 15) is 13.2 Å². The van der Waals surface area contributed by atoms with Gasteiger partial charge >= 0.3 is 5.97 Å². The highest BCUT2D eigenvalue weighted by atomic mass is 127. The van der Waals surface area contributed by atoms with Gasteiger partial charge in [0.05, 0.1) is 17.3 Å². The van der Waals surface area contributed by atoms with Crippen molar-refractivity contribution in [1.82, 2.24) is 0 Å². The highest BCUT2D eigenvalue weighted by molar-refractivity contribution is 14.1. The normalized spacial score (nSPS) is 11.2. The second-order valence-corrected chi connectivity index (χ2v) is 8.79. The number of anilines is 1. The molecule has 0 saturated heterocycles. The zero-order chi connectivity index (χ0) is 18.6. The number of halogens is 3. The van der Waals surface area contributed by atoms with Crippen molar-refractivity contribution >= 4 is 67.5 Å². The van der Waals surface area contributed by atoms with Crippen LogP contribution in [0.5, 0.6) is 0 Å². The molecule has 2 aromatic rings. The summed E-state index contributed by atoms with van der Waals surface area (Å²) in [5.41, 5.74) is 0.330. The Hall–Kier alpha value is -1.03. The molecule has 0 aliphatic rings. The third-order valence-corrected chi connectivity index (χ3v) is 6.30. The van der Waals surface area contributed by atoms with Crippen LogP contribution in [0.15, 0.2) is 47.4 Å².